The first-order chi connectivity index (χ1) is 17.4. The number of nitrogens with one attached hydrogen (secondary N) is 3. The van der Waals surface area contributed by atoms with Gasteiger partial charge in [0.05, 0.1) is 17.1 Å². The van der Waals surface area contributed by atoms with Gasteiger partial charge in [-0.15, -0.1) is 12.4 Å². The lowest BCUT2D eigenvalue weighted by Gasteiger charge is -2.20. The standard InChI is InChI=1S/C26H28N4O5S.ClH/c31-25(30-17-6-15-27-16-18-30)19-28-26(32)20-11-13-22(14-12-20)36(33,34)29-23-9-4-5-10-24(23)35-21-7-2-1-3-8-21;/h1-5,7-14,27,29H,6,15-19H2,(H,28,32);1H. The summed E-state index contributed by atoms with van der Waals surface area (Å²) in [5.74, 6) is 0.334. The maximum atomic E-state index is 13.0. The van der Waals surface area contributed by atoms with Crippen LogP contribution >= 0.6 is 12.4 Å². The molecule has 0 atom stereocenters. The minimum absolute atomic E-state index is 0. The van der Waals surface area contributed by atoms with Crippen LogP contribution in [-0.4, -0.2) is 57.9 Å². The van der Waals surface area contributed by atoms with Crippen LogP contribution in [0.3, 0.4) is 0 Å². The lowest BCUT2D eigenvalue weighted by Crippen LogP contribution is -2.41. The molecule has 1 saturated heterocycles. The summed E-state index contributed by atoms with van der Waals surface area (Å²) < 4.78 is 34.3. The summed E-state index contributed by atoms with van der Waals surface area (Å²) in [6, 6.07) is 21.3. The number of amides is 2. The van der Waals surface area contributed by atoms with Crippen molar-refractivity contribution in [1.29, 1.82) is 0 Å². The number of para-hydroxylation sites is 3. The number of anilines is 1. The number of rotatable bonds is 8. The second-order valence-electron chi connectivity index (χ2n) is 8.21. The fourth-order valence-corrected chi connectivity index (χ4v) is 4.78. The van der Waals surface area contributed by atoms with E-state index in [2.05, 4.69) is 15.4 Å². The van der Waals surface area contributed by atoms with Gasteiger partial charge in [-0.25, -0.2) is 8.42 Å². The molecule has 9 nitrogen and oxygen atoms in total. The van der Waals surface area contributed by atoms with Crippen LogP contribution in [0.25, 0.3) is 0 Å². The van der Waals surface area contributed by atoms with Crippen molar-refractivity contribution >= 4 is 39.9 Å². The maximum Gasteiger partial charge on any atom is 0.262 e. The molecule has 4 rings (SSSR count). The van der Waals surface area contributed by atoms with E-state index in [9.17, 15) is 18.0 Å². The van der Waals surface area contributed by atoms with Gasteiger partial charge in [0.25, 0.3) is 15.9 Å². The first-order valence-electron chi connectivity index (χ1n) is 11.6. The van der Waals surface area contributed by atoms with Crippen molar-refractivity contribution in [3.8, 4) is 11.5 Å². The Morgan fingerprint density at radius 1 is 0.892 bits per heavy atom. The lowest BCUT2D eigenvalue weighted by atomic mass is 10.2. The molecule has 0 aliphatic carbocycles. The third-order valence-electron chi connectivity index (χ3n) is 5.62. The summed E-state index contributed by atoms with van der Waals surface area (Å²) >= 11 is 0. The molecule has 0 unspecified atom stereocenters. The molecule has 0 spiro atoms. The van der Waals surface area contributed by atoms with Gasteiger partial charge in [-0.3, -0.25) is 14.3 Å². The quantitative estimate of drug-likeness (QED) is 0.401. The topological polar surface area (TPSA) is 117 Å². The minimum atomic E-state index is -3.94. The largest absolute Gasteiger partial charge is 0.455 e. The van der Waals surface area contributed by atoms with E-state index in [1.54, 1.807) is 41.3 Å². The smallest absolute Gasteiger partial charge is 0.262 e. The zero-order valence-electron chi connectivity index (χ0n) is 20.1. The van der Waals surface area contributed by atoms with E-state index in [4.69, 9.17) is 4.74 Å². The first kappa shape index (κ1) is 28.0. The molecular weight excluding hydrogens is 516 g/mol. The van der Waals surface area contributed by atoms with Crippen molar-refractivity contribution < 1.29 is 22.7 Å². The third kappa shape index (κ3) is 7.69. The average molecular weight is 545 g/mol. The van der Waals surface area contributed by atoms with E-state index in [1.807, 2.05) is 18.2 Å². The van der Waals surface area contributed by atoms with Gasteiger partial charge >= 0.3 is 0 Å². The number of ether oxygens (including phenoxy) is 1. The van der Waals surface area contributed by atoms with Crippen molar-refractivity contribution in [2.75, 3.05) is 37.4 Å². The summed E-state index contributed by atoms with van der Waals surface area (Å²) in [7, 11) is -3.94. The molecule has 0 radical (unpaired) electrons. The van der Waals surface area contributed by atoms with E-state index in [0.717, 1.165) is 19.5 Å². The molecule has 3 aromatic carbocycles. The van der Waals surface area contributed by atoms with Gasteiger partial charge in [0, 0.05) is 25.2 Å². The summed E-state index contributed by atoms with van der Waals surface area (Å²) in [5, 5.41) is 5.84. The summed E-state index contributed by atoms with van der Waals surface area (Å²) in [4.78, 5) is 26.6. The van der Waals surface area contributed by atoms with Gasteiger partial charge in [-0.2, -0.15) is 0 Å². The van der Waals surface area contributed by atoms with Crippen molar-refractivity contribution in [1.82, 2.24) is 15.5 Å². The number of hydrogen-bond acceptors (Lipinski definition) is 6. The molecule has 1 heterocycles. The van der Waals surface area contributed by atoms with Crippen LogP contribution in [0.4, 0.5) is 5.69 Å². The summed E-state index contributed by atoms with van der Waals surface area (Å²) in [5.41, 5.74) is 0.539. The van der Waals surface area contributed by atoms with Crippen LogP contribution in [0.1, 0.15) is 16.8 Å². The maximum absolute atomic E-state index is 13.0. The first-order valence-corrected chi connectivity index (χ1v) is 13.1. The Kier molecular flexibility index (Phi) is 9.90. The predicted octanol–water partition coefficient (Wildman–Crippen LogP) is 3.25. The fourth-order valence-electron chi connectivity index (χ4n) is 3.71. The molecule has 2 amide bonds. The van der Waals surface area contributed by atoms with Crippen LogP contribution < -0.4 is 20.1 Å². The van der Waals surface area contributed by atoms with Crippen LogP contribution in [0, 0.1) is 0 Å². The number of halogens is 1. The van der Waals surface area contributed by atoms with E-state index < -0.39 is 15.9 Å². The van der Waals surface area contributed by atoms with Crippen LogP contribution in [-0.2, 0) is 14.8 Å². The lowest BCUT2D eigenvalue weighted by molar-refractivity contribution is -0.129. The average Bonchev–Trinajstić information content (AvgIpc) is 3.19. The predicted molar refractivity (Wildman–Crippen MR) is 144 cm³/mol. The second-order valence-corrected chi connectivity index (χ2v) is 9.89. The Balaban J connectivity index is 0.00000380. The Labute approximate surface area is 222 Å². The van der Waals surface area contributed by atoms with Crippen LogP contribution in [0.15, 0.2) is 83.8 Å². The number of carbonyl (C=O) groups excluding carboxylic acids is 2. The molecule has 1 aliphatic rings. The van der Waals surface area contributed by atoms with Gasteiger partial charge in [-0.05, 0) is 61.5 Å². The molecule has 0 bridgehead atoms. The van der Waals surface area contributed by atoms with Gasteiger partial charge in [0.1, 0.15) is 5.75 Å². The Hall–Kier alpha value is -3.60. The number of benzene rings is 3. The number of hydrogen-bond donors (Lipinski definition) is 3. The Morgan fingerprint density at radius 3 is 2.35 bits per heavy atom. The molecule has 3 aromatic rings. The van der Waals surface area contributed by atoms with Gasteiger partial charge < -0.3 is 20.3 Å². The zero-order valence-corrected chi connectivity index (χ0v) is 21.7. The highest BCUT2D eigenvalue weighted by atomic mass is 35.5. The van der Waals surface area contributed by atoms with E-state index in [1.165, 1.54) is 24.3 Å². The zero-order chi connectivity index (χ0) is 25.4. The van der Waals surface area contributed by atoms with E-state index >= 15 is 0 Å². The number of nitrogens with zero attached hydrogens (tertiary/aromatic N) is 1. The van der Waals surface area contributed by atoms with Crippen molar-refractivity contribution in [2.24, 2.45) is 0 Å². The molecule has 0 saturated carbocycles. The summed E-state index contributed by atoms with van der Waals surface area (Å²) in [6.07, 6.45) is 0.868. The molecule has 196 valence electrons. The Morgan fingerprint density at radius 2 is 1.59 bits per heavy atom. The van der Waals surface area contributed by atoms with Crippen LogP contribution in [0.2, 0.25) is 0 Å². The second kappa shape index (κ2) is 13.1. The van der Waals surface area contributed by atoms with E-state index in [-0.39, 0.29) is 41.0 Å². The van der Waals surface area contributed by atoms with Gasteiger partial charge in [0.15, 0.2) is 5.75 Å². The molecule has 3 N–H and O–H groups in total. The molecule has 11 heteroatoms. The highest BCUT2D eigenvalue weighted by Gasteiger charge is 2.19. The highest BCUT2D eigenvalue weighted by molar-refractivity contribution is 7.92. The van der Waals surface area contributed by atoms with Gasteiger partial charge in [-0.1, -0.05) is 30.3 Å². The third-order valence-corrected chi connectivity index (χ3v) is 7.00. The van der Waals surface area contributed by atoms with E-state index in [0.29, 0.717) is 24.6 Å². The Bertz CT molecular complexity index is 1300. The number of sulfonamides is 1. The van der Waals surface area contributed by atoms with Crippen molar-refractivity contribution in [3.63, 3.8) is 0 Å². The molecule has 1 fully saturated rings. The summed E-state index contributed by atoms with van der Waals surface area (Å²) in [6.45, 7) is 2.74. The fraction of sp³-hybridized carbons (Fsp3) is 0.231. The van der Waals surface area contributed by atoms with Gasteiger partial charge in [0.2, 0.25) is 5.91 Å². The number of carbonyl (C=O) groups is 2. The molecule has 37 heavy (non-hydrogen) atoms. The minimum Gasteiger partial charge on any atom is -0.455 e. The molecule has 0 aromatic heterocycles. The molecular formula is C26H29ClN4O5S. The highest BCUT2D eigenvalue weighted by Crippen LogP contribution is 2.30. The SMILES string of the molecule is Cl.O=C(NCC(=O)N1CCCNCC1)c1ccc(S(=O)(=O)Nc2ccccc2Oc2ccccc2)cc1. The van der Waals surface area contributed by atoms with Crippen molar-refractivity contribution in [3.05, 3.63) is 84.4 Å². The monoisotopic (exact) mass is 544 g/mol. The van der Waals surface area contributed by atoms with Crippen LogP contribution in [0.5, 0.6) is 11.5 Å². The van der Waals surface area contributed by atoms with Crippen molar-refractivity contribution in [2.45, 2.75) is 11.3 Å². The molecule has 1 aliphatic heterocycles. The normalized spacial score (nSPS) is 13.6.